The number of para-hydroxylation sites is 2. The molecule has 4 aromatic heterocycles. The molecule has 8 aromatic carbocycles. The van der Waals surface area contributed by atoms with Crippen LogP contribution in [0.2, 0.25) is 0 Å². The van der Waals surface area contributed by atoms with Gasteiger partial charge in [-0.2, -0.15) is 10.5 Å². The predicted octanol–water partition coefficient (Wildman–Crippen LogP) is 14.6. The molecule has 314 valence electrons. The summed E-state index contributed by atoms with van der Waals surface area (Å²) >= 11 is 1.81. The van der Waals surface area contributed by atoms with E-state index in [4.69, 9.17) is 9.97 Å². The van der Waals surface area contributed by atoms with Gasteiger partial charge in [0, 0.05) is 55.1 Å². The van der Waals surface area contributed by atoms with Crippen LogP contribution in [0.4, 0.5) is 0 Å². The molecule has 14 rings (SSSR count). The molecule has 5 heterocycles. The number of rotatable bonds is 4. The average Bonchev–Trinajstić information content (AvgIpc) is 4.02. The van der Waals surface area contributed by atoms with E-state index in [0.717, 1.165) is 99.8 Å². The summed E-state index contributed by atoms with van der Waals surface area (Å²) in [4.78, 5) is 12.5. The molecule has 0 bridgehead atoms. The van der Waals surface area contributed by atoms with Crippen molar-refractivity contribution in [3.8, 4) is 57.2 Å². The lowest BCUT2D eigenvalue weighted by Crippen LogP contribution is -2.32. The summed E-state index contributed by atoms with van der Waals surface area (Å²) in [5, 5.41) is 24.2. The third kappa shape index (κ3) is 5.34. The molecule has 0 fully saturated rings. The Morgan fingerprint density at radius 3 is 1.22 bits per heavy atom. The molecular formula is C61H34N6S. The third-order valence-corrected chi connectivity index (χ3v) is 15.3. The zero-order chi connectivity index (χ0) is 45.1. The van der Waals surface area contributed by atoms with Crippen molar-refractivity contribution in [3.63, 3.8) is 0 Å². The van der Waals surface area contributed by atoms with Gasteiger partial charge in [-0.25, -0.2) is 0 Å². The monoisotopic (exact) mass is 882 g/mol. The second-order valence-corrected chi connectivity index (χ2v) is 18.7. The third-order valence-electron chi connectivity index (χ3n) is 14.1. The summed E-state index contributed by atoms with van der Waals surface area (Å²) in [5.41, 5.74) is 17.8. The molecule has 1 aliphatic heterocycles. The van der Waals surface area contributed by atoms with Crippen LogP contribution in [0.25, 0.3) is 88.6 Å². The van der Waals surface area contributed by atoms with Crippen LogP contribution < -0.4 is 0 Å². The van der Waals surface area contributed by atoms with Gasteiger partial charge in [-0.05, 0) is 166 Å². The minimum Gasteiger partial charge on any atom is -0.309 e. The molecule has 0 atom stereocenters. The minimum atomic E-state index is -0.723. The first-order chi connectivity index (χ1) is 33.6. The highest BCUT2D eigenvalue weighted by molar-refractivity contribution is 7.99. The summed E-state index contributed by atoms with van der Waals surface area (Å²) in [6, 6.07) is 73.5. The highest BCUT2D eigenvalue weighted by Gasteiger charge is 2.51. The molecule has 68 heavy (non-hydrogen) atoms. The van der Waals surface area contributed by atoms with Crippen molar-refractivity contribution in [2.45, 2.75) is 15.2 Å². The molecular weight excluding hydrogens is 849 g/mol. The Morgan fingerprint density at radius 2 is 0.779 bits per heavy atom. The molecule has 1 aliphatic carbocycles. The van der Waals surface area contributed by atoms with E-state index >= 15 is 0 Å². The fourth-order valence-corrected chi connectivity index (χ4v) is 12.4. The van der Waals surface area contributed by atoms with Crippen LogP contribution in [-0.4, -0.2) is 19.1 Å². The first-order valence-electron chi connectivity index (χ1n) is 22.6. The quantitative estimate of drug-likeness (QED) is 0.176. The molecule has 7 heteroatoms. The van der Waals surface area contributed by atoms with Crippen molar-refractivity contribution in [1.82, 2.24) is 19.1 Å². The first kappa shape index (κ1) is 38.3. The number of hydrogen-bond donors (Lipinski definition) is 0. The fraction of sp³-hybridized carbons (Fsp3) is 0.0164. The van der Waals surface area contributed by atoms with Crippen LogP contribution in [0.1, 0.15) is 33.4 Å². The van der Waals surface area contributed by atoms with E-state index in [0.29, 0.717) is 11.1 Å². The van der Waals surface area contributed by atoms with Gasteiger partial charge in [-0.1, -0.05) is 84.6 Å². The Hall–Kier alpha value is -9.01. The average molecular weight is 883 g/mol. The zero-order valence-electron chi connectivity index (χ0n) is 36.2. The normalized spacial score (nSPS) is 13.0. The zero-order valence-corrected chi connectivity index (χ0v) is 37.0. The van der Waals surface area contributed by atoms with Crippen molar-refractivity contribution < 1.29 is 0 Å². The highest BCUT2D eigenvalue weighted by Crippen LogP contribution is 2.62. The van der Waals surface area contributed by atoms with E-state index in [1.54, 1.807) is 0 Å². The number of fused-ring (bicyclic) bond motifs is 15. The van der Waals surface area contributed by atoms with Gasteiger partial charge in [0.05, 0.1) is 62.1 Å². The molecule has 0 radical (unpaired) electrons. The number of aromatic nitrogens is 4. The summed E-state index contributed by atoms with van der Waals surface area (Å²) < 4.78 is 4.58. The molecule has 0 unspecified atom stereocenters. The predicted molar refractivity (Wildman–Crippen MR) is 272 cm³/mol. The number of nitrogens with zero attached hydrogens (tertiary/aromatic N) is 6. The molecule has 6 nitrogen and oxygen atoms in total. The summed E-state index contributed by atoms with van der Waals surface area (Å²) in [5.74, 6) is 0. The van der Waals surface area contributed by atoms with E-state index in [9.17, 15) is 10.5 Å². The summed E-state index contributed by atoms with van der Waals surface area (Å²) in [6.45, 7) is 0. The summed E-state index contributed by atoms with van der Waals surface area (Å²) in [7, 11) is 0. The van der Waals surface area contributed by atoms with Crippen LogP contribution in [0, 0.1) is 22.7 Å². The standard InChI is InChI=1S/C61H34N6S/c62-35-37-15-21-53-45(29-37)47-31-39(17-23-55(47)66(53)43-9-3-1-4-10-43)41-19-25-57-51(33-41)61(49-13-7-27-64-59(49)60-50(61)14-8-28-65-60)52-34-42(20-26-58(52)68-57)40-18-24-56-48(32-40)46-30-38(36-63)16-22-54(46)67(56)44-11-5-2-6-12-44/h1-34H. The molecule has 0 saturated carbocycles. The topological polar surface area (TPSA) is 83.2 Å². The van der Waals surface area contributed by atoms with Gasteiger partial charge in [-0.15, -0.1) is 0 Å². The molecule has 1 spiro atoms. The Labute approximate surface area is 395 Å². The lowest BCUT2D eigenvalue weighted by molar-refractivity contribution is 0.720. The molecule has 0 N–H and O–H groups in total. The second-order valence-electron chi connectivity index (χ2n) is 17.6. The smallest absolute Gasteiger partial charge is 0.0991 e. The van der Waals surface area contributed by atoms with E-state index in [1.807, 2.05) is 60.6 Å². The maximum atomic E-state index is 9.99. The van der Waals surface area contributed by atoms with Gasteiger partial charge in [0.1, 0.15) is 0 Å². The van der Waals surface area contributed by atoms with Crippen LogP contribution in [-0.2, 0) is 5.41 Å². The van der Waals surface area contributed by atoms with Crippen molar-refractivity contribution in [1.29, 1.82) is 10.5 Å². The fourth-order valence-electron chi connectivity index (χ4n) is 11.2. The number of pyridine rings is 2. The van der Waals surface area contributed by atoms with E-state index in [2.05, 4.69) is 179 Å². The van der Waals surface area contributed by atoms with E-state index in [1.165, 1.54) is 20.9 Å². The Morgan fingerprint density at radius 1 is 0.382 bits per heavy atom. The number of hydrogen-bond acceptors (Lipinski definition) is 5. The first-order valence-corrected chi connectivity index (χ1v) is 23.4. The SMILES string of the molecule is N#Cc1ccc2c(c1)c1cc(-c3ccc4c(c3)C3(c5cc(-c6ccc7c(c6)c6cc(C#N)ccc6n7-c6ccccc6)ccc5S4)c4cccnc4-c4ncccc43)ccc1n2-c1ccccc1. The van der Waals surface area contributed by atoms with Crippen molar-refractivity contribution >= 4 is 55.4 Å². The molecule has 12 aromatic rings. The molecule has 2 aliphatic rings. The van der Waals surface area contributed by atoms with Crippen LogP contribution in [0.3, 0.4) is 0 Å². The lowest BCUT2D eigenvalue weighted by atomic mass is 9.67. The summed E-state index contributed by atoms with van der Waals surface area (Å²) in [6.07, 6.45) is 3.75. The van der Waals surface area contributed by atoms with Gasteiger partial charge in [0.25, 0.3) is 0 Å². The van der Waals surface area contributed by atoms with Crippen molar-refractivity contribution in [3.05, 3.63) is 240 Å². The van der Waals surface area contributed by atoms with Crippen LogP contribution in [0.5, 0.6) is 0 Å². The Kier molecular flexibility index (Phi) is 8.16. The second kappa shape index (κ2) is 14.5. The lowest BCUT2D eigenvalue weighted by Gasteiger charge is -2.39. The van der Waals surface area contributed by atoms with Crippen LogP contribution >= 0.6 is 11.8 Å². The maximum absolute atomic E-state index is 9.99. The highest BCUT2D eigenvalue weighted by atomic mass is 32.2. The Bertz CT molecular complexity index is 3940. The number of benzene rings is 8. The van der Waals surface area contributed by atoms with E-state index < -0.39 is 5.41 Å². The Balaban J connectivity index is 0.987. The van der Waals surface area contributed by atoms with Crippen LogP contribution in [0.15, 0.2) is 216 Å². The largest absolute Gasteiger partial charge is 0.309 e. The number of nitriles is 2. The molecule has 0 saturated heterocycles. The van der Waals surface area contributed by atoms with Crippen molar-refractivity contribution in [2.75, 3.05) is 0 Å². The van der Waals surface area contributed by atoms with Gasteiger partial charge in [0.15, 0.2) is 0 Å². The van der Waals surface area contributed by atoms with Gasteiger partial charge in [-0.3, -0.25) is 9.97 Å². The van der Waals surface area contributed by atoms with Crippen molar-refractivity contribution in [2.24, 2.45) is 0 Å². The maximum Gasteiger partial charge on any atom is 0.0991 e. The van der Waals surface area contributed by atoms with Gasteiger partial charge in [0.2, 0.25) is 0 Å². The van der Waals surface area contributed by atoms with Gasteiger partial charge < -0.3 is 9.13 Å². The van der Waals surface area contributed by atoms with E-state index in [-0.39, 0.29) is 0 Å². The molecule has 0 amide bonds. The van der Waals surface area contributed by atoms with Gasteiger partial charge >= 0.3 is 0 Å². The minimum absolute atomic E-state index is 0.633.